The first-order chi connectivity index (χ1) is 12.0. The molecule has 0 radical (unpaired) electrons. The SMILES string of the molecule is CC(C)CC(C)n1nccc1NC(=O)c1cccc2c1OCC(=O)N2. The second kappa shape index (κ2) is 6.96. The fourth-order valence-corrected chi connectivity index (χ4v) is 3.02. The molecule has 1 atom stereocenters. The molecule has 7 nitrogen and oxygen atoms in total. The molecule has 2 amide bonds. The number of carbonyl (C=O) groups excluding carboxylic acids is 2. The first-order valence-corrected chi connectivity index (χ1v) is 8.36. The van der Waals surface area contributed by atoms with Gasteiger partial charge in [-0.25, -0.2) is 4.68 Å². The Hall–Kier alpha value is -2.83. The van der Waals surface area contributed by atoms with Crippen LogP contribution in [0.4, 0.5) is 11.5 Å². The fraction of sp³-hybridized carbons (Fsp3) is 0.389. The first kappa shape index (κ1) is 17.0. The Morgan fingerprint density at radius 3 is 2.92 bits per heavy atom. The van der Waals surface area contributed by atoms with Gasteiger partial charge in [0.05, 0.1) is 23.5 Å². The molecule has 0 bridgehead atoms. The van der Waals surface area contributed by atoms with E-state index in [-0.39, 0.29) is 24.5 Å². The molecule has 0 aliphatic carbocycles. The van der Waals surface area contributed by atoms with Crippen molar-refractivity contribution in [2.24, 2.45) is 5.92 Å². The van der Waals surface area contributed by atoms with Gasteiger partial charge >= 0.3 is 0 Å². The molecule has 0 spiro atoms. The Morgan fingerprint density at radius 1 is 1.36 bits per heavy atom. The number of aromatic nitrogens is 2. The second-order valence-electron chi connectivity index (χ2n) is 6.61. The van der Waals surface area contributed by atoms with E-state index in [4.69, 9.17) is 4.74 Å². The molecule has 2 heterocycles. The van der Waals surface area contributed by atoms with Crippen LogP contribution in [-0.4, -0.2) is 28.2 Å². The van der Waals surface area contributed by atoms with Crippen LogP contribution in [0.2, 0.25) is 0 Å². The van der Waals surface area contributed by atoms with Crippen LogP contribution in [0.3, 0.4) is 0 Å². The van der Waals surface area contributed by atoms with Crippen LogP contribution in [0.5, 0.6) is 5.75 Å². The number of anilines is 2. The van der Waals surface area contributed by atoms with Crippen molar-refractivity contribution in [2.75, 3.05) is 17.2 Å². The van der Waals surface area contributed by atoms with Gasteiger partial charge in [0.25, 0.3) is 11.8 Å². The number of carbonyl (C=O) groups is 2. The summed E-state index contributed by atoms with van der Waals surface area (Å²) in [5.74, 6) is 1.02. The van der Waals surface area contributed by atoms with E-state index in [2.05, 4.69) is 36.5 Å². The highest BCUT2D eigenvalue weighted by molar-refractivity contribution is 6.08. The van der Waals surface area contributed by atoms with Gasteiger partial charge in [0, 0.05) is 6.07 Å². The van der Waals surface area contributed by atoms with E-state index in [1.165, 1.54) is 0 Å². The molecule has 1 aliphatic rings. The normalized spacial score (nSPS) is 14.5. The van der Waals surface area contributed by atoms with E-state index in [9.17, 15) is 9.59 Å². The number of benzene rings is 1. The summed E-state index contributed by atoms with van der Waals surface area (Å²) >= 11 is 0. The van der Waals surface area contributed by atoms with Gasteiger partial charge in [0.1, 0.15) is 5.82 Å². The minimum atomic E-state index is -0.300. The highest BCUT2D eigenvalue weighted by Gasteiger charge is 2.23. The number of amides is 2. The summed E-state index contributed by atoms with van der Waals surface area (Å²) < 4.78 is 7.26. The summed E-state index contributed by atoms with van der Waals surface area (Å²) in [6.07, 6.45) is 2.63. The highest BCUT2D eigenvalue weighted by Crippen LogP contribution is 2.32. The van der Waals surface area contributed by atoms with Gasteiger partial charge in [0.15, 0.2) is 12.4 Å². The minimum Gasteiger partial charge on any atom is -0.481 e. The van der Waals surface area contributed by atoms with Crippen LogP contribution in [0.25, 0.3) is 0 Å². The monoisotopic (exact) mass is 342 g/mol. The van der Waals surface area contributed by atoms with E-state index in [1.807, 2.05) is 4.68 Å². The summed E-state index contributed by atoms with van der Waals surface area (Å²) in [7, 11) is 0. The smallest absolute Gasteiger partial charge is 0.262 e. The first-order valence-electron chi connectivity index (χ1n) is 8.36. The zero-order valence-corrected chi connectivity index (χ0v) is 14.6. The molecular weight excluding hydrogens is 320 g/mol. The number of ether oxygens (including phenoxy) is 1. The summed E-state index contributed by atoms with van der Waals surface area (Å²) in [5.41, 5.74) is 0.882. The standard InChI is InChI=1S/C18H22N4O3/c1-11(2)9-12(3)22-15(7-8-19-22)21-18(24)13-5-4-6-14-17(13)25-10-16(23)20-14/h4-8,11-12H,9-10H2,1-3H3,(H,20,23)(H,21,24). The summed E-state index contributed by atoms with van der Waals surface area (Å²) in [6.45, 7) is 6.28. The largest absolute Gasteiger partial charge is 0.481 e. The van der Waals surface area contributed by atoms with Crippen molar-refractivity contribution in [2.45, 2.75) is 33.2 Å². The molecule has 2 aromatic rings. The average Bonchev–Trinajstić information content (AvgIpc) is 3.01. The molecule has 1 aromatic carbocycles. The zero-order valence-electron chi connectivity index (χ0n) is 14.6. The molecule has 2 N–H and O–H groups in total. The lowest BCUT2D eigenvalue weighted by Gasteiger charge is -2.21. The van der Waals surface area contributed by atoms with Crippen molar-refractivity contribution in [3.8, 4) is 5.75 Å². The Balaban J connectivity index is 1.82. The average molecular weight is 342 g/mol. The van der Waals surface area contributed by atoms with E-state index in [0.717, 1.165) is 6.42 Å². The van der Waals surface area contributed by atoms with E-state index in [1.54, 1.807) is 30.5 Å². The maximum Gasteiger partial charge on any atom is 0.262 e. The van der Waals surface area contributed by atoms with Crippen molar-refractivity contribution < 1.29 is 14.3 Å². The summed E-state index contributed by atoms with van der Waals surface area (Å²) in [4.78, 5) is 24.1. The third-order valence-corrected chi connectivity index (χ3v) is 4.02. The van der Waals surface area contributed by atoms with Gasteiger partial charge in [-0.05, 0) is 31.4 Å². The van der Waals surface area contributed by atoms with Crippen molar-refractivity contribution in [1.82, 2.24) is 9.78 Å². The molecule has 0 saturated heterocycles. The summed E-state index contributed by atoms with van der Waals surface area (Å²) in [6, 6.07) is 7.03. The lowest BCUT2D eigenvalue weighted by molar-refractivity contribution is -0.118. The van der Waals surface area contributed by atoms with Crippen molar-refractivity contribution in [1.29, 1.82) is 0 Å². The Bertz CT molecular complexity index is 797. The van der Waals surface area contributed by atoms with Crippen molar-refractivity contribution in [3.05, 3.63) is 36.0 Å². The van der Waals surface area contributed by atoms with Crippen LogP contribution in [0.1, 0.15) is 43.6 Å². The molecule has 3 rings (SSSR count). The lowest BCUT2D eigenvalue weighted by Crippen LogP contribution is -2.27. The van der Waals surface area contributed by atoms with E-state index >= 15 is 0 Å². The predicted octanol–water partition coefficient (Wildman–Crippen LogP) is 3.07. The molecule has 0 saturated carbocycles. The molecule has 0 fully saturated rings. The van der Waals surface area contributed by atoms with Gasteiger partial charge in [0.2, 0.25) is 0 Å². The van der Waals surface area contributed by atoms with Gasteiger partial charge in [-0.3, -0.25) is 9.59 Å². The quantitative estimate of drug-likeness (QED) is 0.874. The molecule has 1 aliphatic heterocycles. The number of para-hydroxylation sites is 1. The van der Waals surface area contributed by atoms with Gasteiger partial charge in [-0.15, -0.1) is 0 Å². The number of rotatable bonds is 5. The van der Waals surface area contributed by atoms with Gasteiger partial charge in [-0.1, -0.05) is 19.9 Å². The molecule has 1 unspecified atom stereocenters. The fourth-order valence-electron chi connectivity index (χ4n) is 3.02. The van der Waals surface area contributed by atoms with Crippen LogP contribution >= 0.6 is 0 Å². The Kier molecular flexibility index (Phi) is 4.74. The molecular formula is C18H22N4O3. The molecule has 1 aromatic heterocycles. The van der Waals surface area contributed by atoms with Crippen molar-refractivity contribution >= 4 is 23.3 Å². The van der Waals surface area contributed by atoms with Crippen LogP contribution in [0, 0.1) is 5.92 Å². The van der Waals surface area contributed by atoms with Gasteiger partial charge in [-0.2, -0.15) is 5.10 Å². The van der Waals surface area contributed by atoms with Crippen molar-refractivity contribution in [3.63, 3.8) is 0 Å². The molecule has 132 valence electrons. The molecule has 25 heavy (non-hydrogen) atoms. The van der Waals surface area contributed by atoms with Crippen LogP contribution in [-0.2, 0) is 4.79 Å². The number of fused-ring (bicyclic) bond motifs is 1. The maximum atomic E-state index is 12.7. The maximum absolute atomic E-state index is 12.7. The minimum absolute atomic E-state index is 0.0966. The zero-order chi connectivity index (χ0) is 18.0. The Morgan fingerprint density at radius 2 is 2.16 bits per heavy atom. The van der Waals surface area contributed by atoms with E-state index < -0.39 is 0 Å². The molecule has 7 heteroatoms. The predicted molar refractivity (Wildman–Crippen MR) is 94.9 cm³/mol. The second-order valence-corrected chi connectivity index (χ2v) is 6.61. The van der Waals surface area contributed by atoms with Gasteiger partial charge < -0.3 is 15.4 Å². The highest BCUT2D eigenvalue weighted by atomic mass is 16.5. The Labute approximate surface area is 146 Å². The summed E-state index contributed by atoms with van der Waals surface area (Å²) in [5, 5.41) is 9.92. The topological polar surface area (TPSA) is 85.2 Å². The van der Waals surface area contributed by atoms with E-state index in [0.29, 0.717) is 28.7 Å². The number of nitrogens with zero attached hydrogens (tertiary/aromatic N) is 2. The number of hydrogen-bond donors (Lipinski definition) is 2. The third-order valence-electron chi connectivity index (χ3n) is 4.02. The lowest BCUT2D eigenvalue weighted by atomic mass is 10.1. The number of nitrogens with one attached hydrogen (secondary N) is 2. The van der Waals surface area contributed by atoms with Crippen LogP contribution < -0.4 is 15.4 Å². The number of hydrogen-bond acceptors (Lipinski definition) is 4. The third kappa shape index (κ3) is 3.65. The van der Waals surface area contributed by atoms with Crippen LogP contribution in [0.15, 0.2) is 30.5 Å².